The van der Waals surface area contributed by atoms with Crippen molar-refractivity contribution in [2.45, 2.75) is 0 Å². The summed E-state index contributed by atoms with van der Waals surface area (Å²) < 4.78 is 33.1. The minimum absolute atomic E-state index is 0.0329. The highest BCUT2D eigenvalue weighted by Crippen LogP contribution is 2.28. The molecule has 0 radical (unpaired) electrons. The van der Waals surface area contributed by atoms with Crippen LogP contribution in [0.25, 0.3) is 34.2 Å². The van der Waals surface area contributed by atoms with Crippen molar-refractivity contribution in [1.82, 2.24) is 15.2 Å². The van der Waals surface area contributed by atoms with E-state index in [1.165, 1.54) is 0 Å². The average molecular weight is 460 g/mol. The molecule has 0 aliphatic carbocycles. The summed E-state index contributed by atoms with van der Waals surface area (Å²) >= 11 is 1.12. The summed E-state index contributed by atoms with van der Waals surface area (Å²) in [6.45, 7) is 0. The zero-order valence-electron chi connectivity index (χ0n) is 16.8. The maximum absolute atomic E-state index is 14.0. The fourth-order valence-electron chi connectivity index (χ4n) is 3.12. The van der Waals surface area contributed by atoms with Gasteiger partial charge in [0.25, 0.3) is 5.91 Å². The van der Waals surface area contributed by atoms with Crippen molar-refractivity contribution >= 4 is 22.4 Å². The van der Waals surface area contributed by atoms with E-state index < -0.39 is 17.5 Å². The molecule has 0 unspecified atom stereocenters. The summed E-state index contributed by atoms with van der Waals surface area (Å²) in [6, 6.07) is 19.2. The molecular formula is C24H14F2N4O2S. The van der Waals surface area contributed by atoms with Crippen molar-refractivity contribution in [3.63, 3.8) is 0 Å². The lowest BCUT2D eigenvalue weighted by Crippen LogP contribution is -2.11. The summed E-state index contributed by atoms with van der Waals surface area (Å²) in [5.74, 6) is -0.810. The van der Waals surface area contributed by atoms with Crippen molar-refractivity contribution in [3.8, 4) is 34.2 Å². The number of nitrogens with one attached hydrogen (secondary N) is 1. The van der Waals surface area contributed by atoms with Crippen LogP contribution >= 0.6 is 11.3 Å². The molecule has 0 saturated carbocycles. The van der Waals surface area contributed by atoms with Gasteiger partial charge in [0.15, 0.2) is 5.13 Å². The van der Waals surface area contributed by atoms with Gasteiger partial charge in [-0.3, -0.25) is 10.1 Å². The molecule has 0 saturated heterocycles. The van der Waals surface area contributed by atoms with Crippen LogP contribution in [0.2, 0.25) is 0 Å². The van der Waals surface area contributed by atoms with Crippen LogP contribution in [0.15, 0.2) is 82.6 Å². The zero-order valence-corrected chi connectivity index (χ0v) is 17.6. The van der Waals surface area contributed by atoms with Crippen LogP contribution in [0.5, 0.6) is 0 Å². The van der Waals surface area contributed by atoms with Gasteiger partial charge in [-0.25, -0.2) is 13.8 Å². The molecular weight excluding hydrogens is 446 g/mol. The monoisotopic (exact) mass is 460 g/mol. The third kappa shape index (κ3) is 4.39. The minimum atomic E-state index is -0.591. The topological polar surface area (TPSA) is 80.9 Å². The van der Waals surface area contributed by atoms with Crippen LogP contribution in [-0.2, 0) is 0 Å². The minimum Gasteiger partial charge on any atom is -0.416 e. The molecule has 0 aliphatic rings. The highest BCUT2D eigenvalue weighted by molar-refractivity contribution is 7.14. The summed E-state index contributed by atoms with van der Waals surface area (Å²) in [7, 11) is 0. The molecule has 5 rings (SSSR count). The maximum Gasteiger partial charge on any atom is 0.257 e. The van der Waals surface area contributed by atoms with Gasteiger partial charge in [-0.2, -0.15) is 0 Å². The number of carbonyl (C=O) groups excluding carboxylic acids is 1. The third-order valence-corrected chi connectivity index (χ3v) is 5.53. The van der Waals surface area contributed by atoms with Gasteiger partial charge in [-0.15, -0.1) is 21.5 Å². The second-order valence-electron chi connectivity index (χ2n) is 6.97. The quantitative estimate of drug-likeness (QED) is 0.345. The smallest absolute Gasteiger partial charge is 0.257 e. The van der Waals surface area contributed by atoms with E-state index in [0.29, 0.717) is 22.9 Å². The first-order valence-corrected chi connectivity index (χ1v) is 10.7. The number of rotatable bonds is 5. The van der Waals surface area contributed by atoms with Crippen molar-refractivity contribution in [1.29, 1.82) is 0 Å². The fourth-order valence-corrected chi connectivity index (χ4v) is 3.82. The van der Waals surface area contributed by atoms with E-state index >= 15 is 0 Å². The number of aromatic nitrogens is 3. The molecule has 0 fully saturated rings. The molecule has 0 atom stereocenters. The second kappa shape index (κ2) is 8.71. The van der Waals surface area contributed by atoms with E-state index in [2.05, 4.69) is 20.5 Å². The van der Waals surface area contributed by atoms with Crippen molar-refractivity contribution in [2.75, 3.05) is 5.32 Å². The largest absolute Gasteiger partial charge is 0.416 e. The molecule has 5 aromatic rings. The molecule has 162 valence electrons. The molecule has 2 aromatic heterocycles. The number of carbonyl (C=O) groups is 1. The lowest BCUT2D eigenvalue weighted by molar-refractivity contribution is 0.102. The zero-order chi connectivity index (χ0) is 22.8. The van der Waals surface area contributed by atoms with Gasteiger partial charge in [0.05, 0.1) is 5.69 Å². The lowest BCUT2D eigenvalue weighted by atomic mass is 10.1. The number of thiazole rings is 1. The molecule has 9 heteroatoms. The fraction of sp³-hybridized carbons (Fsp3) is 0. The highest BCUT2D eigenvalue weighted by Gasteiger charge is 2.15. The number of hydrogen-bond donors (Lipinski definition) is 1. The number of halogens is 2. The van der Waals surface area contributed by atoms with Crippen LogP contribution in [0.3, 0.4) is 0 Å². The Morgan fingerprint density at radius 3 is 2.30 bits per heavy atom. The van der Waals surface area contributed by atoms with Gasteiger partial charge in [0.2, 0.25) is 11.8 Å². The summed E-state index contributed by atoms with van der Waals surface area (Å²) in [5, 5.41) is 12.6. The Kier molecular flexibility index (Phi) is 5.45. The van der Waals surface area contributed by atoms with Crippen LogP contribution in [0, 0.1) is 11.6 Å². The van der Waals surface area contributed by atoms with Crippen LogP contribution in [0.1, 0.15) is 10.4 Å². The van der Waals surface area contributed by atoms with E-state index in [4.69, 9.17) is 4.42 Å². The van der Waals surface area contributed by atoms with Gasteiger partial charge < -0.3 is 4.42 Å². The Morgan fingerprint density at radius 1 is 0.879 bits per heavy atom. The number of benzene rings is 3. The summed E-state index contributed by atoms with van der Waals surface area (Å²) in [4.78, 5) is 16.8. The number of nitrogens with zero attached hydrogens (tertiary/aromatic N) is 3. The van der Waals surface area contributed by atoms with Gasteiger partial charge >= 0.3 is 0 Å². The molecule has 0 bridgehead atoms. The maximum atomic E-state index is 14.0. The van der Waals surface area contributed by atoms with Crippen LogP contribution in [0.4, 0.5) is 13.9 Å². The average Bonchev–Trinajstić information content (AvgIpc) is 3.52. The Balaban J connectivity index is 1.29. The molecule has 3 aromatic carbocycles. The Bertz CT molecular complexity index is 1430. The number of hydrogen-bond acceptors (Lipinski definition) is 6. The van der Waals surface area contributed by atoms with Crippen LogP contribution < -0.4 is 5.32 Å². The van der Waals surface area contributed by atoms with Crippen molar-refractivity contribution in [3.05, 3.63) is 95.4 Å². The molecule has 0 aliphatic heterocycles. The first-order valence-electron chi connectivity index (χ1n) is 9.78. The highest BCUT2D eigenvalue weighted by atomic mass is 32.1. The normalized spacial score (nSPS) is 10.8. The first kappa shape index (κ1) is 20.7. The van der Waals surface area contributed by atoms with Gasteiger partial charge in [0.1, 0.15) is 11.6 Å². The number of amides is 1. The first-order chi connectivity index (χ1) is 16.1. The molecule has 2 heterocycles. The SMILES string of the molecule is O=C(Nc1nc(-c2cc(F)ccc2F)cs1)c1ccc(-c2nnc(-c3ccccc3)o2)cc1. The Hall–Kier alpha value is -4.24. The van der Waals surface area contributed by atoms with E-state index in [1.54, 1.807) is 29.6 Å². The molecule has 1 amide bonds. The molecule has 6 nitrogen and oxygen atoms in total. The summed E-state index contributed by atoms with van der Waals surface area (Å²) in [6.07, 6.45) is 0. The van der Waals surface area contributed by atoms with Crippen molar-refractivity contribution in [2.24, 2.45) is 0 Å². The second-order valence-corrected chi connectivity index (χ2v) is 7.83. The Morgan fingerprint density at radius 2 is 1.58 bits per heavy atom. The third-order valence-electron chi connectivity index (χ3n) is 4.77. The molecule has 0 spiro atoms. The van der Waals surface area contributed by atoms with Gasteiger partial charge in [-0.05, 0) is 54.6 Å². The standard InChI is InChI=1S/C24H14F2N4O2S/c25-17-10-11-19(26)18(12-17)20-13-33-24(27-20)28-21(31)14-6-8-16(9-7-14)23-30-29-22(32-23)15-4-2-1-3-5-15/h1-13H,(H,27,28,31). The molecule has 1 N–H and O–H groups in total. The van der Waals surface area contributed by atoms with Gasteiger partial charge in [-0.1, -0.05) is 18.2 Å². The van der Waals surface area contributed by atoms with Gasteiger partial charge in [0, 0.05) is 27.6 Å². The van der Waals surface area contributed by atoms with Crippen LogP contribution in [-0.4, -0.2) is 21.1 Å². The van der Waals surface area contributed by atoms with E-state index in [1.807, 2.05) is 30.3 Å². The van der Waals surface area contributed by atoms with E-state index in [0.717, 1.165) is 35.1 Å². The predicted molar refractivity (Wildman–Crippen MR) is 121 cm³/mol. The van der Waals surface area contributed by atoms with E-state index in [-0.39, 0.29) is 16.4 Å². The Labute approximate surface area is 190 Å². The molecule has 33 heavy (non-hydrogen) atoms. The van der Waals surface area contributed by atoms with Crippen molar-refractivity contribution < 1.29 is 18.0 Å². The lowest BCUT2D eigenvalue weighted by Gasteiger charge is -2.03. The summed E-state index contributed by atoms with van der Waals surface area (Å²) in [5.41, 5.74) is 2.14. The number of anilines is 1. The van der Waals surface area contributed by atoms with E-state index in [9.17, 15) is 13.6 Å². The predicted octanol–water partition coefficient (Wildman–Crippen LogP) is 6.06.